The maximum absolute atomic E-state index is 11.7. The topological polar surface area (TPSA) is 102 Å². The largest absolute Gasteiger partial charge is 0.394 e. The minimum absolute atomic E-state index is 0.0139. The third-order valence-electron chi connectivity index (χ3n) is 2.41. The molecule has 1 rings (SSSR count). The minimum Gasteiger partial charge on any atom is -0.394 e. The lowest BCUT2D eigenvalue weighted by atomic mass is 10.1. The number of rotatable bonds is 9. The van der Waals surface area contributed by atoms with E-state index in [4.69, 9.17) is 14.7 Å². The molecule has 0 bridgehead atoms. The zero-order valence-electron chi connectivity index (χ0n) is 11.7. The Morgan fingerprint density at radius 3 is 2.76 bits per heavy atom. The summed E-state index contributed by atoms with van der Waals surface area (Å²) in [5.74, 6) is -0.469. The Morgan fingerprint density at radius 1 is 1.33 bits per heavy atom. The molecule has 0 radical (unpaired) electrons. The molecule has 8 heteroatoms. The Morgan fingerprint density at radius 2 is 2.10 bits per heavy atom. The van der Waals surface area contributed by atoms with Crippen LogP contribution in [0.4, 0.5) is 0 Å². The van der Waals surface area contributed by atoms with Gasteiger partial charge in [-0.05, 0) is 17.7 Å². The van der Waals surface area contributed by atoms with Gasteiger partial charge in [-0.15, -0.1) is 0 Å². The molecule has 0 heterocycles. The summed E-state index contributed by atoms with van der Waals surface area (Å²) in [5.41, 5.74) is 3.33. The lowest BCUT2D eigenvalue weighted by molar-refractivity contribution is 0.0168. The summed E-state index contributed by atoms with van der Waals surface area (Å²) in [6.07, 6.45) is 1.15. The van der Waals surface area contributed by atoms with Gasteiger partial charge in [0, 0.05) is 11.8 Å². The van der Waals surface area contributed by atoms with Crippen molar-refractivity contribution in [3.8, 4) is 0 Å². The summed E-state index contributed by atoms with van der Waals surface area (Å²) in [6.45, 7) is 0.150. The second-order valence-electron chi connectivity index (χ2n) is 4.39. The first kappa shape index (κ1) is 17.6. The number of carbonyl (C=O) groups excluding carboxylic acids is 1. The third-order valence-corrected chi connectivity index (χ3v) is 3.32. The van der Waals surface area contributed by atoms with E-state index in [1.165, 1.54) is 0 Å². The van der Waals surface area contributed by atoms with Crippen molar-refractivity contribution in [2.45, 2.75) is 6.61 Å². The summed E-state index contributed by atoms with van der Waals surface area (Å²) in [6, 6.07) is 6.69. The molecule has 0 aliphatic rings. The quantitative estimate of drug-likeness (QED) is 0.487. The Labute approximate surface area is 123 Å². The van der Waals surface area contributed by atoms with Crippen molar-refractivity contribution in [2.24, 2.45) is 0 Å². The van der Waals surface area contributed by atoms with Crippen LogP contribution in [0.1, 0.15) is 15.9 Å². The summed E-state index contributed by atoms with van der Waals surface area (Å²) in [4.78, 5) is 16.4. The monoisotopic (exact) mass is 317 g/mol. The predicted octanol–water partition coefficient (Wildman–Crippen LogP) is -0.0985. The van der Waals surface area contributed by atoms with E-state index in [1.54, 1.807) is 24.3 Å². The second-order valence-corrected chi connectivity index (χ2v) is 6.65. The van der Waals surface area contributed by atoms with Crippen molar-refractivity contribution in [1.82, 2.24) is 5.48 Å². The average molecular weight is 317 g/mol. The fraction of sp³-hybridized carbons (Fsp3) is 0.462. The molecule has 1 aromatic carbocycles. The van der Waals surface area contributed by atoms with E-state index in [0.717, 1.165) is 11.8 Å². The van der Waals surface area contributed by atoms with Crippen LogP contribution in [0.15, 0.2) is 24.3 Å². The van der Waals surface area contributed by atoms with Crippen LogP contribution in [-0.4, -0.2) is 51.3 Å². The number of amides is 1. The number of hydrogen-bond donors (Lipinski definition) is 2. The first-order chi connectivity index (χ1) is 9.92. The average Bonchev–Trinajstić information content (AvgIpc) is 2.43. The van der Waals surface area contributed by atoms with Crippen molar-refractivity contribution >= 4 is 15.7 Å². The lowest BCUT2D eigenvalue weighted by Gasteiger charge is -2.07. The van der Waals surface area contributed by atoms with Crippen molar-refractivity contribution in [3.05, 3.63) is 35.4 Å². The highest BCUT2D eigenvalue weighted by Crippen LogP contribution is 2.07. The number of nitrogens with one attached hydrogen (secondary N) is 1. The van der Waals surface area contributed by atoms with Gasteiger partial charge < -0.3 is 9.84 Å². The van der Waals surface area contributed by atoms with Crippen molar-refractivity contribution in [1.29, 1.82) is 0 Å². The van der Waals surface area contributed by atoms with Gasteiger partial charge in [0.2, 0.25) is 0 Å². The molecule has 0 fully saturated rings. The number of carbonyl (C=O) groups is 1. The van der Waals surface area contributed by atoms with E-state index < -0.39 is 15.7 Å². The molecule has 1 amide bonds. The van der Waals surface area contributed by atoms with E-state index >= 15 is 0 Å². The molecule has 7 nitrogen and oxygen atoms in total. The fourth-order valence-electron chi connectivity index (χ4n) is 1.42. The molecule has 2 N–H and O–H groups in total. The third kappa shape index (κ3) is 7.76. The zero-order valence-corrected chi connectivity index (χ0v) is 12.6. The molecule has 0 aromatic heterocycles. The van der Waals surface area contributed by atoms with Gasteiger partial charge in [0.05, 0.1) is 32.2 Å². The van der Waals surface area contributed by atoms with E-state index in [1.807, 2.05) is 0 Å². The van der Waals surface area contributed by atoms with Gasteiger partial charge in [-0.3, -0.25) is 9.63 Å². The molecule has 1 aromatic rings. The van der Waals surface area contributed by atoms with Crippen LogP contribution in [0.3, 0.4) is 0 Å². The van der Waals surface area contributed by atoms with Gasteiger partial charge in [0.25, 0.3) is 5.91 Å². The number of sulfone groups is 1. The van der Waals surface area contributed by atoms with E-state index in [0.29, 0.717) is 5.56 Å². The van der Waals surface area contributed by atoms with Crippen LogP contribution < -0.4 is 5.48 Å². The first-order valence-electron chi connectivity index (χ1n) is 6.30. The van der Waals surface area contributed by atoms with Gasteiger partial charge in [0.15, 0.2) is 0 Å². The Balaban J connectivity index is 2.46. The normalized spacial score (nSPS) is 11.3. The molecule has 118 valence electrons. The van der Waals surface area contributed by atoms with Gasteiger partial charge in [-0.25, -0.2) is 13.9 Å². The standard InChI is InChI=1S/C13H19NO6S/c1-21(17,18)8-7-19-10-11-3-2-4-12(9-11)13(16)14-20-6-5-15/h2-4,9,15H,5-8,10H2,1H3,(H,14,16). The van der Waals surface area contributed by atoms with Crippen LogP contribution >= 0.6 is 0 Å². The molecule has 0 saturated heterocycles. The highest BCUT2D eigenvalue weighted by atomic mass is 32.2. The number of benzene rings is 1. The summed E-state index contributed by atoms with van der Waals surface area (Å²) < 4.78 is 27.1. The maximum Gasteiger partial charge on any atom is 0.274 e. The fourth-order valence-corrected chi connectivity index (χ4v) is 1.84. The van der Waals surface area contributed by atoms with Gasteiger partial charge in [-0.2, -0.15) is 0 Å². The van der Waals surface area contributed by atoms with Crippen LogP contribution in [-0.2, 0) is 26.0 Å². The van der Waals surface area contributed by atoms with Crippen LogP contribution in [0.25, 0.3) is 0 Å². The van der Waals surface area contributed by atoms with Crippen molar-refractivity contribution in [2.75, 3.05) is 31.8 Å². The van der Waals surface area contributed by atoms with Gasteiger partial charge >= 0.3 is 0 Å². The molecular weight excluding hydrogens is 298 g/mol. The number of hydroxylamine groups is 1. The highest BCUT2D eigenvalue weighted by Gasteiger charge is 2.07. The van der Waals surface area contributed by atoms with E-state index in [2.05, 4.69) is 5.48 Å². The molecular formula is C13H19NO6S. The zero-order chi connectivity index (χ0) is 15.7. The van der Waals surface area contributed by atoms with E-state index in [-0.39, 0.29) is 32.2 Å². The molecule has 0 aliphatic heterocycles. The maximum atomic E-state index is 11.7. The number of hydrogen-bond acceptors (Lipinski definition) is 6. The number of ether oxygens (including phenoxy) is 1. The molecule has 0 aliphatic carbocycles. The first-order valence-corrected chi connectivity index (χ1v) is 8.36. The molecule has 21 heavy (non-hydrogen) atoms. The SMILES string of the molecule is CS(=O)(=O)CCOCc1cccc(C(=O)NOCCO)c1. The van der Waals surface area contributed by atoms with Crippen molar-refractivity contribution in [3.63, 3.8) is 0 Å². The Hall–Kier alpha value is -1.48. The van der Waals surface area contributed by atoms with E-state index in [9.17, 15) is 13.2 Å². The highest BCUT2D eigenvalue weighted by molar-refractivity contribution is 7.90. The second kappa shape index (κ2) is 8.73. The summed E-state index contributed by atoms with van der Waals surface area (Å²) in [5, 5.41) is 8.54. The summed E-state index contributed by atoms with van der Waals surface area (Å²) in [7, 11) is -3.04. The Bertz CT molecular complexity index is 558. The predicted molar refractivity (Wildman–Crippen MR) is 76.3 cm³/mol. The number of aliphatic hydroxyl groups excluding tert-OH is 1. The number of aliphatic hydroxyl groups is 1. The molecule has 0 atom stereocenters. The van der Waals surface area contributed by atoms with Crippen LogP contribution in [0, 0.1) is 0 Å². The minimum atomic E-state index is -3.04. The van der Waals surface area contributed by atoms with Crippen LogP contribution in [0.2, 0.25) is 0 Å². The van der Waals surface area contributed by atoms with Crippen LogP contribution in [0.5, 0.6) is 0 Å². The summed E-state index contributed by atoms with van der Waals surface area (Å²) >= 11 is 0. The lowest BCUT2D eigenvalue weighted by Crippen LogP contribution is -2.25. The van der Waals surface area contributed by atoms with Gasteiger partial charge in [0.1, 0.15) is 9.84 Å². The smallest absolute Gasteiger partial charge is 0.274 e. The Kier molecular flexibility index (Phi) is 7.30. The molecule has 0 saturated carbocycles. The molecule has 0 unspecified atom stereocenters. The van der Waals surface area contributed by atoms with Crippen molar-refractivity contribution < 1.29 is 27.9 Å². The van der Waals surface area contributed by atoms with Gasteiger partial charge in [-0.1, -0.05) is 12.1 Å². The molecule has 0 spiro atoms.